The molecule has 0 N–H and O–H groups in total. The van der Waals surface area contributed by atoms with E-state index < -0.39 is 0 Å². The Morgan fingerprint density at radius 3 is 2.04 bits per heavy atom. The SMILES string of the molecule is CCc1ccc(-n2c(C)cc(C=C3C(=O)c4ccccc4C3=O)c2C)cc1. The second-order valence-electron chi connectivity index (χ2n) is 6.94. The minimum atomic E-state index is -0.187. The lowest BCUT2D eigenvalue weighted by Gasteiger charge is -2.10. The standard InChI is InChI=1S/C24H21NO2/c1-4-17-9-11-19(12-10-17)25-15(2)13-18(16(25)3)14-22-23(26)20-7-5-6-8-21(20)24(22)27/h5-14H,4H2,1-3H3. The minimum absolute atomic E-state index is 0.187. The number of benzene rings is 2. The first-order valence-electron chi connectivity index (χ1n) is 9.19. The molecule has 0 amide bonds. The normalized spacial score (nSPS) is 13.2. The molecule has 3 nitrogen and oxygen atoms in total. The van der Waals surface area contributed by atoms with Gasteiger partial charge in [-0.1, -0.05) is 43.3 Å². The van der Waals surface area contributed by atoms with Crippen molar-refractivity contribution in [3.05, 3.63) is 93.8 Å². The summed E-state index contributed by atoms with van der Waals surface area (Å²) in [6, 6.07) is 17.5. The zero-order valence-corrected chi connectivity index (χ0v) is 15.7. The van der Waals surface area contributed by atoms with Crippen molar-refractivity contribution < 1.29 is 9.59 Å². The lowest BCUT2D eigenvalue weighted by molar-refractivity contribution is 0.0990. The van der Waals surface area contributed by atoms with Crippen molar-refractivity contribution in [2.45, 2.75) is 27.2 Å². The average molecular weight is 355 g/mol. The first-order valence-corrected chi connectivity index (χ1v) is 9.19. The highest BCUT2D eigenvalue weighted by Crippen LogP contribution is 2.30. The summed E-state index contributed by atoms with van der Waals surface area (Å²) in [5, 5.41) is 0. The van der Waals surface area contributed by atoms with E-state index in [0.717, 1.165) is 29.1 Å². The van der Waals surface area contributed by atoms with Crippen molar-refractivity contribution in [3.63, 3.8) is 0 Å². The van der Waals surface area contributed by atoms with Crippen LogP contribution in [0, 0.1) is 13.8 Å². The van der Waals surface area contributed by atoms with Crippen molar-refractivity contribution in [3.8, 4) is 5.69 Å². The van der Waals surface area contributed by atoms with Crippen LogP contribution in [0.3, 0.4) is 0 Å². The third-order valence-electron chi connectivity index (χ3n) is 5.28. The molecule has 27 heavy (non-hydrogen) atoms. The topological polar surface area (TPSA) is 39.1 Å². The number of ketones is 2. The number of hydrogen-bond donors (Lipinski definition) is 0. The van der Waals surface area contributed by atoms with Crippen LogP contribution >= 0.6 is 0 Å². The first kappa shape index (κ1) is 17.2. The lowest BCUT2D eigenvalue weighted by atomic mass is 10.1. The Hall–Kier alpha value is -3.20. The monoisotopic (exact) mass is 355 g/mol. The third-order valence-corrected chi connectivity index (χ3v) is 5.28. The van der Waals surface area contributed by atoms with Gasteiger partial charge >= 0.3 is 0 Å². The third kappa shape index (κ3) is 2.76. The van der Waals surface area contributed by atoms with Gasteiger partial charge in [0, 0.05) is 28.2 Å². The largest absolute Gasteiger partial charge is 0.318 e. The van der Waals surface area contributed by atoms with Crippen molar-refractivity contribution in [1.82, 2.24) is 4.57 Å². The molecule has 0 bridgehead atoms. The first-order chi connectivity index (χ1) is 13.0. The van der Waals surface area contributed by atoms with Crippen LogP contribution in [0.2, 0.25) is 0 Å². The summed E-state index contributed by atoms with van der Waals surface area (Å²) in [4.78, 5) is 25.3. The maximum absolute atomic E-state index is 12.7. The fourth-order valence-electron chi connectivity index (χ4n) is 3.77. The summed E-state index contributed by atoms with van der Waals surface area (Å²) in [7, 11) is 0. The highest BCUT2D eigenvalue weighted by Gasteiger charge is 2.32. The Labute approximate surface area is 159 Å². The molecule has 1 aliphatic rings. The Morgan fingerprint density at radius 1 is 0.889 bits per heavy atom. The maximum Gasteiger partial charge on any atom is 0.197 e. The Balaban J connectivity index is 1.77. The molecule has 1 heterocycles. The quantitative estimate of drug-likeness (QED) is 0.483. The summed E-state index contributed by atoms with van der Waals surface area (Å²) >= 11 is 0. The van der Waals surface area contributed by atoms with E-state index in [0.29, 0.717) is 11.1 Å². The number of carbonyl (C=O) groups excluding carboxylic acids is 2. The number of carbonyl (C=O) groups is 2. The molecule has 0 saturated heterocycles. The Morgan fingerprint density at radius 2 is 1.48 bits per heavy atom. The number of hydrogen-bond acceptors (Lipinski definition) is 2. The summed E-state index contributed by atoms with van der Waals surface area (Å²) < 4.78 is 2.16. The molecule has 0 unspecified atom stereocenters. The van der Waals surface area contributed by atoms with Gasteiger partial charge in [0.1, 0.15) is 0 Å². The number of rotatable bonds is 3. The highest BCUT2D eigenvalue weighted by atomic mass is 16.2. The molecule has 0 aliphatic heterocycles. The van der Waals surface area contributed by atoms with Crippen molar-refractivity contribution in [2.75, 3.05) is 0 Å². The highest BCUT2D eigenvalue weighted by molar-refractivity contribution is 6.41. The molecular weight excluding hydrogens is 334 g/mol. The summed E-state index contributed by atoms with van der Waals surface area (Å²) in [5.41, 5.74) is 6.60. The lowest BCUT2D eigenvalue weighted by Crippen LogP contribution is -2.01. The molecule has 134 valence electrons. The van der Waals surface area contributed by atoms with Gasteiger partial charge in [0.2, 0.25) is 0 Å². The molecule has 1 aliphatic carbocycles. The van der Waals surface area contributed by atoms with Crippen LogP contribution in [0.1, 0.15) is 50.2 Å². The van der Waals surface area contributed by atoms with E-state index in [9.17, 15) is 9.59 Å². The second kappa shape index (κ2) is 6.51. The van der Waals surface area contributed by atoms with E-state index in [1.54, 1.807) is 30.3 Å². The predicted molar refractivity (Wildman–Crippen MR) is 108 cm³/mol. The van der Waals surface area contributed by atoms with Gasteiger partial charge in [-0.25, -0.2) is 0 Å². The molecule has 1 aromatic heterocycles. The molecule has 3 aromatic rings. The van der Waals surface area contributed by atoms with Gasteiger partial charge < -0.3 is 4.57 Å². The van der Waals surface area contributed by atoms with Crippen LogP contribution < -0.4 is 0 Å². The maximum atomic E-state index is 12.7. The number of nitrogens with zero attached hydrogens (tertiary/aromatic N) is 1. The van der Waals surface area contributed by atoms with E-state index in [-0.39, 0.29) is 17.1 Å². The summed E-state index contributed by atoms with van der Waals surface area (Å²) in [6.45, 7) is 6.19. The summed E-state index contributed by atoms with van der Waals surface area (Å²) in [6.07, 6.45) is 2.75. The van der Waals surface area contributed by atoms with Gasteiger partial charge in [-0.2, -0.15) is 0 Å². The van der Waals surface area contributed by atoms with Gasteiger partial charge in [0.25, 0.3) is 0 Å². The van der Waals surface area contributed by atoms with E-state index >= 15 is 0 Å². The molecule has 2 aromatic carbocycles. The zero-order chi connectivity index (χ0) is 19.1. The van der Waals surface area contributed by atoms with E-state index in [1.165, 1.54) is 5.56 Å². The predicted octanol–water partition coefficient (Wildman–Crippen LogP) is 5.12. The Kier molecular flexibility index (Phi) is 4.15. The van der Waals surface area contributed by atoms with E-state index in [1.807, 2.05) is 19.9 Å². The van der Waals surface area contributed by atoms with Crippen molar-refractivity contribution >= 4 is 17.6 Å². The molecular formula is C24H21NO2. The average Bonchev–Trinajstić information content (AvgIpc) is 3.10. The van der Waals surface area contributed by atoms with Gasteiger partial charge in [0.05, 0.1) is 5.57 Å². The van der Waals surface area contributed by atoms with Crippen LogP contribution in [-0.4, -0.2) is 16.1 Å². The smallest absolute Gasteiger partial charge is 0.197 e. The van der Waals surface area contributed by atoms with Crippen LogP contribution in [0.25, 0.3) is 11.8 Å². The van der Waals surface area contributed by atoms with Crippen LogP contribution in [0.15, 0.2) is 60.2 Å². The van der Waals surface area contributed by atoms with E-state index in [4.69, 9.17) is 0 Å². The molecule has 0 saturated carbocycles. The summed E-state index contributed by atoms with van der Waals surface area (Å²) in [5.74, 6) is -0.375. The second-order valence-corrected chi connectivity index (χ2v) is 6.94. The van der Waals surface area contributed by atoms with Crippen LogP contribution in [0.4, 0.5) is 0 Å². The number of fused-ring (bicyclic) bond motifs is 1. The Bertz CT molecular complexity index is 1060. The molecule has 3 heteroatoms. The molecule has 0 radical (unpaired) electrons. The molecule has 0 atom stereocenters. The number of aromatic nitrogens is 1. The minimum Gasteiger partial charge on any atom is -0.318 e. The van der Waals surface area contributed by atoms with Gasteiger partial charge in [-0.05, 0) is 55.7 Å². The molecule has 4 rings (SSSR count). The van der Waals surface area contributed by atoms with Gasteiger partial charge in [-0.3, -0.25) is 9.59 Å². The van der Waals surface area contributed by atoms with Crippen molar-refractivity contribution in [1.29, 1.82) is 0 Å². The van der Waals surface area contributed by atoms with Crippen LogP contribution in [0.5, 0.6) is 0 Å². The fraction of sp³-hybridized carbons (Fsp3) is 0.167. The number of allylic oxidation sites excluding steroid dienone is 1. The van der Waals surface area contributed by atoms with Gasteiger partial charge in [0.15, 0.2) is 11.6 Å². The number of Topliss-reactive ketones (excluding diaryl/α,β-unsaturated/α-hetero) is 2. The molecule has 0 spiro atoms. The number of aryl methyl sites for hydroxylation is 2. The van der Waals surface area contributed by atoms with Crippen LogP contribution in [-0.2, 0) is 6.42 Å². The molecule has 0 fully saturated rings. The zero-order valence-electron chi connectivity index (χ0n) is 15.7. The van der Waals surface area contributed by atoms with E-state index in [2.05, 4.69) is 35.8 Å². The van der Waals surface area contributed by atoms with Crippen molar-refractivity contribution in [2.24, 2.45) is 0 Å². The van der Waals surface area contributed by atoms with Gasteiger partial charge in [-0.15, -0.1) is 0 Å². The fourth-order valence-corrected chi connectivity index (χ4v) is 3.77.